The van der Waals surface area contributed by atoms with E-state index < -0.39 is 6.04 Å². The maximum absolute atomic E-state index is 12.3. The fourth-order valence-electron chi connectivity index (χ4n) is 2.77. The van der Waals surface area contributed by atoms with Gasteiger partial charge in [-0.15, -0.1) is 0 Å². The fraction of sp³-hybridized carbons (Fsp3) is 0.211. The Balaban J connectivity index is 1.59. The monoisotopic (exact) mass is 337 g/mol. The molecule has 0 saturated heterocycles. The van der Waals surface area contributed by atoms with Crippen molar-refractivity contribution in [3.8, 4) is 0 Å². The van der Waals surface area contributed by atoms with E-state index in [0.29, 0.717) is 5.69 Å². The molecule has 1 aliphatic heterocycles. The SMILES string of the molecule is CC(=O)Nc1ccc(CC(=O)C[C@@H]2Nc3ccccc3NC2=O)cc1. The maximum Gasteiger partial charge on any atom is 0.247 e. The van der Waals surface area contributed by atoms with Gasteiger partial charge >= 0.3 is 0 Å². The van der Waals surface area contributed by atoms with Gasteiger partial charge in [0.25, 0.3) is 0 Å². The number of benzene rings is 2. The van der Waals surface area contributed by atoms with Crippen LogP contribution in [0.4, 0.5) is 17.1 Å². The number of fused-ring (bicyclic) bond motifs is 1. The molecule has 2 aromatic carbocycles. The van der Waals surface area contributed by atoms with Gasteiger partial charge in [-0.25, -0.2) is 0 Å². The first-order valence-electron chi connectivity index (χ1n) is 8.06. The molecular formula is C19H19N3O3. The van der Waals surface area contributed by atoms with E-state index in [0.717, 1.165) is 16.9 Å². The van der Waals surface area contributed by atoms with E-state index in [1.165, 1.54) is 6.92 Å². The van der Waals surface area contributed by atoms with Crippen LogP contribution in [0.3, 0.4) is 0 Å². The van der Waals surface area contributed by atoms with Crippen molar-refractivity contribution in [3.63, 3.8) is 0 Å². The van der Waals surface area contributed by atoms with Gasteiger partial charge in [0.2, 0.25) is 11.8 Å². The second kappa shape index (κ2) is 7.17. The predicted octanol–water partition coefficient (Wildman–Crippen LogP) is 2.58. The number of carbonyl (C=O) groups is 3. The largest absolute Gasteiger partial charge is 0.372 e. The highest BCUT2D eigenvalue weighted by molar-refractivity contribution is 6.05. The van der Waals surface area contributed by atoms with Gasteiger partial charge in [0.15, 0.2) is 0 Å². The molecule has 0 aliphatic carbocycles. The van der Waals surface area contributed by atoms with Crippen LogP contribution in [-0.4, -0.2) is 23.6 Å². The number of nitrogens with one attached hydrogen (secondary N) is 3. The van der Waals surface area contributed by atoms with Crippen LogP contribution in [0.5, 0.6) is 0 Å². The normalized spacial score (nSPS) is 15.6. The Morgan fingerprint density at radius 2 is 1.72 bits per heavy atom. The Hall–Kier alpha value is -3.15. The van der Waals surface area contributed by atoms with Crippen molar-refractivity contribution in [2.75, 3.05) is 16.0 Å². The van der Waals surface area contributed by atoms with E-state index in [4.69, 9.17) is 0 Å². The number of para-hydroxylation sites is 2. The number of amides is 2. The summed E-state index contributed by atoms with van der Waals surface area (Å²) in [5.74, 6) is -0.370. The zero-order valence-electron chi connectivity index (χ0n) is 13.8. The second-order valence-electron chi connectivity index (χ2n) is 6.03. The molecule has 25 heavy (non-hydrogen) atoms. The van der Waals surface area contributed by atoms with Gasteiger partial charge < -0.3 is 16.0 Å². The van der Waals surface area contributed by atoms with Crippen LogP contribution in [0.1, 0.15) is 18.9 Å². The Labute approximate surface area is 145 Å². The predicted molar refractivity (Wildman–Crippen MR) is 96.6 cm³/mol. The summed E-state index contributed by atoms with van der Waals surface area (Å²) in [4.78, 5) is 35.4. The quantitative estimate of drug-likeness (QED) is 0.782. The summed E-state index contributed by atoms with van der Waals surface area (Å²) in [6.45, 7) is 1.44. The molecule has 1 atom stereocenters. The summed E-state index contributed by atoms with van der Waals surface area (Å²) in [5.41, 5.74) is 3.08. The minimum Gasteiger partial charge on any atom is -0.372 e. The lowest BCUT2D eigenvalue weighted by atomic mass is 10.0. The first kappa shape index (κ1) is 16.7. The summed E-state index contributed by atoms with van der Waals surface area (Å²) < 4.78 is 0. The van der Waals surface area contributed by atoms with E-state index in [2.05, 4.69) is 16.0 Å². The van der Waals surface area contributed by atoms with Crippen molar-refractivity contribution in [2.45, 2.75) is 25.8 Å². The molecule has 0 aromatic heterocycles. The molecule has 6 nitrogen and oxygen atoms in total. The van der Waals surface area contributed by atoms with Gasteiger partial charge in [-0.05, 0) is 29.8 Å². The molecule has 2 amide bonds. The van der Waals surface area contributed by atoms with Gasteiger partial charge in [-0.2, -0.15) is 0 Å². The van der Waals surface area contributed by atoms with Gasteiger partial charge in [0.1, 0.15) is 11.8 Å². The molecular weight excluding hydrogens is 318 g/mol. The lowest BCUT2D eigenvalue weighted by molar-refractivity contribution is -0.123. The summed E-state index contributed by atoms with van der Waals surface area (Å²) in [5, 5.41) is 8.60. The number of ketones is 1. The van der Waals surface area contributed by atoms with Crippen LogP contribution in [-0.2, 0) is 20.8 Å². The number of carbonyl (C=O) groups excluding carboxylic acids is 3. The summed E-state index contributed by atoms with van der Waals surface area (Å²) >= 11 is 0. The summed E-state index contributed by atoms with van der Waals surface area (Å²) in [6, 6.07) is 13.9. The highest BCUT2D eigenvalue weighted by Crippen LogP contribution is 2.26. The molecule has 6 heteroatoms. The highest BCUT2D eigenvalue weighted by atomic mass is 16.2. The Kier molecular flexibility index (Phi) is 4.79. The van der Waals surface area contributed by atoms with Crippen molar-refractivity contribution >= 4 is 34.7 Å². The average molecular weight is 337 g/mol. The molecule has 128 valence electrons. The minimum atomic E-state index is -0.568. The lowest BCUT2D eigenvalue weighted by Crippen LogP contribution is -2.40. The zero-order chi connectivity index (χ0) is 17.8. The maximum atomic E-state index is 12.3. The molecule has 1 aliphatic rings. The summed E-state index contributed by atoms with van der Waals surface area (Å²) in [7, 11) is 0. The number of Topliss-reactive ketones (excluding diaryl/α,β-unsaturated/α-hetero) is 1. The Morgan fingerprint density at radius 3 is 2.40 bits per heavy atom. The molecule has 0 bridgehead atoms. The minimum absolute atomic E-state index is 0.0284. The Morgan fingerprint density at radius 1 is 1.04 bits per heavy atom. The van der Waals surface area contributed by atoms with E-state index in [-0.39, 0.29) is 30.4 Å². The van der Waals surface area contributed by atoms with Gasteiger partial charge in [-0.3, -0.25) is 14.4 Å². The van der Waals surface area contributed by atoms with Crippen LogP contribution in [0.15, 0.2) is 48.5 Å². The molecule has 0 radical (unpaired) electrons. The third-order valence-corrected chi connectivity index (χ3v) is 3.94. The van der Waals surface area contributed by atoms with Crippen molar-refractivity contribution in [1.82, 2.24) is 0 Å². The lowest BCUT2D eigenvalue weighted by Gasteiger charge is -2.26. The first-order valence-corrected chi connectivity index (χ1v) is 8.06. The van der Waals surface area contributed by atoms with Crippen LogP contribution < -0.4 is 16.0 Å². The van der Waals surface area contributed by atoms with Crippen LogP contribution in [0, 0.1) is 0 Å². The topological polar surface area (TPSA) is 87.3 Å². The smallest absolute Gasteiger partial charge is 0.247 e. The van der Waals surface area contributed by atoms with Crippen LogP contribution in [0.25, 0.3) is 0 Å². The molecule has 3 rings (SSSR count). The van der Waals surface area contributed by atoms with Gasteiger partial charge in [0, 0.05) is 25.5 Å². The number of hydrogen-bond donors (Lipinski definition) is 3. The number of rotatable bonds is 5. The first-order chi connectivity index (χ1) is 12.0. The van der Waals surface area contributed by atoms with Crippen molar-refractivity contribution in [3.05, 3.63) is 54.1 Å². The summed E-state index contributed by atoms with van der Waals surface area (Å²) in [6.07, 6.45) is 0.362. The molecule has 1 heterocycles. The molecule has 0 spiro atoms. The van der Waals surface area contributed by atoms with Crippen molar-refractivity contribution in [2.24, 2.45) is 0 Å². The van der Waals surface area contributed by atoms with E-state index in [1.807, 2.05) is 24.3 Å². The molecule has 0 unspecified atom stereocenters. The molecule has 0 fully saturated rings. The molecule has 0 saturated carbocycles. The van der Waals surface area contributed by atoms with Crippen LogP contribution >= 0.6 is 0 Å². The van der Waals surface area contributed by atoms with Crippen LogP contribution in [0.2, 0.25) is 0 Å². The molecule has 3 N–H and O–H groups in total. The third-order valence-electron chi connectivity index (χ3n) is 3.94. The zero-order valence-corrected chi connectivity index (χ0v) is 13.8. The number of hydrogen-bond acceptors (Lipinski definition) is 4. The fourth-order valence-corrected chi connectivity index (χ4v) is 2.77. The van der Waals surface area contributed by atoms with E-state index >= 15 is 0 Å². The van der Waals surface area contributed by atoms with Crippen molar-refractivity contribution in [1.29, 1.82) is 0 Å². The second-order valence-corrected chi connectivity index (χ2v) is 6.03. The standard InChI is InChI=1S/C19H19N3O3/c1-12(23)20-14-8-6-13(7-9-14)10-15(24)11-18-19(25)22-17-5-3-2-4-16(17)21-18/h2-9,18,21H,10-11H2,1H3,(H,20,23)(H,22,25)/t18-/m0/s1. The molecule has 2 aromatic rings. The van der Waals surface area contributed by atoms with Gasteiger partial charge in [0.05, 0.1) is 11.4 Å². The van der Waals surface area contributed by atoms with Gasteiger partial charge in [-0.1, -0.05) is 24.3 Å². The third kappa shape index (κ3) is 4.23. The van der Waals surface area contributed by atoms with Crippen molar-refractivity contribution < 1.29 is 14.4 Å². The van der Waals surface area contributed by atoms with E-state index in [9.17, 15) is 14.4 Å². The number of anilines is 3. The van der Waals surface area contributed by atoms with E-state index in [1.54, 1.807) is 24.3 Å². The Bertz CT molecular complexity index is 815. The average Bonchev–Trinajstić information content (AvgIpc) is 2.57. The highest BCUT2D eigenvalue weighted by Gasteiger charge is 2.27.